The van der Waals surface area contributed by atoms with Crippen molar-refractivity contribution < 1.29 is 19.1 Å². The van der Waals surface area contributed by atoms with E-state index in [9.17, 15) is 9.59 Å². The van der Waals surface area contributed by atoms with E-state index in [1.54, 1.807) is 0 Å². The summed E-state index contributed by atoms with van der Waals surface area (Å²) in [4.78, 5) is 29.6. The predicted octanol–water partition coefficient (Wildman–Crippen LogP) is 7.28. The molecule has 5 heteroatoms. The van der Waals surface area contributed by atoms with Crippen LogP contribution in [0, 0.1) is 0 Å². The van der Waals surface area contributed by atoms with Gasteiger partial charge >= 0.3 is 0 Å². The van der Waals surface area contributed by atoms with Gasteiger partial charge in [-0.2, -0.15) is 0 Å². The first-order valence-corrected chi connectivity index (χ1v) is 14.4. The smallest absolute Gasteiger partial charge is 0.161 e. The van der Waals surface area contributed by atoms with E-state index >= 15 is 0 Å². The zero-order valence-corrected chi connectivity index (χ0v) is 23.0. The van der Waals surface area contributed by atoms with E-state index in [-0.39, 0.29) is 17.5 Å². The van der Waals surface area contributed by atoms with Gasteiger partial charge in [0.15, 0.2) is 23.1 Å². The normalized spacial score (nSPS) is 17.6. The van der Waals surface area contributed by atoms with Gasteiger partial charge in [0, 0.05) is 47.8 Å². The molecule has 204 valence electrons. The highest BCUT2D eigenvalue weighted by atomic mass is 16.5. The molecule has 0 amide bonds. The number of hydrogen-bond acceptors (Lipinski definition) is 5. The van der Waals surface area contributed by atoms with Crippen LogP contribution >= 0.6 is 0 Å². The molecule has 3 aromatic rings. The Balaban J connectivity index is 1.43. The number of benzene rings is 3. The fraction of sp³-hybridized carbons (Fsp3) is 0.314. The molecule has 6 rings (SSSR count). The number of carbonyl (C=O) groups excluding carboxylic acids is 2. The average molecular weight is 534 g/mol. The SMILES string of the molecule is CCOc1cc(C2C3=C(CCCC3=O)N(Cc3ccccc3)C3=C2C(=O)CCC3)ccc1OCc1ccccc1. The highest BCUT2D eigenvalue weighted by Crippen LogP contribution is 2.50. The summed E-state index contributed by atoms with van der Waals surface area (Å²) in [6, 6.07) is 26.3. The number of ether oxygens (including phenoxy) is 2. The van der Waals surface area contributed by atoms with Gasteiger partial charge in [-0.05, 0) is 61.4 Å². The molecule has 0 spiro atoms. The second-order valence-corrected chi connectivity index (χ2v) is 10.7. The Morgan fingerprint density at radius 3 is 1.90 bits per heavy atom. The Hall–Kier alpha value is -4.12. The molecule has 40 heavy (non-hydrogen) atoms. The molecule has 0 bridgehead atoms. The molecule has 0 atom stereocenters. The van der Waals surface area contributed by atoms with Crippen molar-refractivity contribution in [1.29, 1.82) is 0 Å². The van der Waals surface area contributed by atoms with Crippen molar-refractivity contribution in [2.24, 2.45) is 0 Å². The van der Waals surface area contributed by atoms with E-state index in [0.29, 0.717) is 44.1 Å². The largest absolute Gasteiger partial charge is 0.490 e. The Kier molecular flexibility index (Phi) is 7.54. The minimum absolute atomic E-state index is 0.150. The van der Waals surface area contributed by atoms with E-state index in [1.165, 1.54) is 5.56 Å². The molecule has 0 aromatic heterocycles. The molecule has 3 aliphatic rings. The minimum atomic E-state index is -0.375. The Morgan fingerprint density at radius 1 is 0.700 bits per heavy atom. The quantitative estimate of drug-likeness (QED) is 0.305. The molecule has 0 saturated heterocycles. The van der Waals surface area contributed by atoms with Crippen molar-refractivity contribution in [3.05, 3.63) is 118 Å². The fourth-order valence-corrected chi connectivity index (χ4v) is 6.33. The summed E-state index contributed by atoms with van der Waals surface area (Å²) < 4.78 is 12.2. The van der Waals surface area contributed by atoms with Crippen LogP contribution in [0.4, 0.5) is 0 Å². The van der Waals surface area contributed by atoms with Gasteiger partial charge in [0.05, 0.1) is 6.61 Å². The topological polar surface area (TPSA) is 55.8 Å². The van der Waals surface area contributed by atoms with Crippen LogP contribution in [0.2, 0.25) is 0 Å². The number of allylic oxidation sites excluding steroid dienone is 4. The highest BCUT2D eigenvalue weighted by molar-refractivity contribution is 6.06. The minimum Gasteiger partial charge on any atom is -0.490 e. The van der Waals surface area contributed by atoms with Crippen molar-refractivity contribution in [2.45, 2.75) is 64.5 Å². The molecule has 0 fully saturated rings. The van der Waals surface area contributed by atoms with Gasteiger partial charge < -0.3 is 14.4 Å². The van der Waals surface area contributed by atoms with Crippen LogP contribution in [-0.4, -0.2) is 23.1 Å². The van der Waals surface area contributed by atoms with Crippen LogP contribution < -0.4 is 9.47 Å². The van der Waals surface area contributed by atoms with E-state index in [2.05, 4.69) is 17.0 Å². The number of rotatable bonds is 8. The lowest BCUT2D eigenvalue weighted by atomic mass is 9.71. The lowest BCUT2D eigenvalue weighted by Crippen LogP contribution is -2.38. The number of carbonyl (C=O) groups is 2. The van der Waals surface area contributed by atoms with E-state index in [1.807, 2.05) is 73.7 Å². The van der Waals surface area contributed by atoms with E-state index < -0.39 is 0 Å². The molecule has 1 heterocycles. The van der Waals surface area contributed by atoms with Crippen LogP contribution in [0.3, 0.4) is 0 Å². The highest BCUT2D eigenvalue weighted by Gasteiger charge is 2.43. The van der Waals surface area contributed by atoms with Crippen LogP contribution in [0.15, 0.2) is 101 Å². The number of nitrogens with zero attached hydrogens (tertiary/aromatic N) is 1. The van der Waals surface area contributed by atoms with Gasteiger partial charge in [0.2, 0.25) is 0 Å². The third-order valence-electron chi connectivity index (χ3n) is 8.11. The predicted molar refractivity (Wildman–Crippen MR) is 155 cm³/mol. The molecule has 3 aromatic carbocycles. The summed E-state index contributed by atoms with van der Waals surface area (Å²) in [7, 11) is 0. The lowest BCUT2D eigenvalue weighted by Gasteiger charge is -2.44. The zero-order chi connectivity index (χ0) is 27.5. The molecular weight excluding hydrogens is 498 g/mol. The summed E-state index contributed by atoms with van der Waals surface area (Å²) in [5.41, 5.74) is 6.91. The van der Waals surface area contributed by atoms with Crippen LogP contribution in [0.5, 0.6) is 11.5 Å². The third kappa shape index (κ3) is 5.08. The maximum Gasteiger partial charge on any atom is 0.161 e. The first kappa shape index (κ1) is 26.1. The Labute approximate surface area is 236 Å². The maximum atomic E-state index is 13.7. The van der Waals surface area contributed by atoms with Gasteiger partial charge in [0.25, 0.3) is 0 Å². The van der Waals surface area contributed by atoms with Crippen molar-refractivity contribution in [1.82, 2.24) is 4.90 Å². The van der Waals surface area contributed by atoms with Crippen molar-refractivity contribution in [2.75, 3.05) is 6.61 Å². The number of Topliss-reactive ketones (excluding diaryl/α,β-unsaturated/α-hetero) is 2. The van der Waals surface area contributed by atoms with Crippen LogP contribution in [0.25, 0.3) is 0 Å². The van der Waals surface area contributed by atoms with Gasteiger partial charge in [-0.3, -0.25) is 9.59 Å². The Bertz CT molecular complexity index is 1430. The van der Waals surface area contributed by atoms with E-state index in [0.717, 1.165) is 59.4 Å². The summed E-state index contributed by atoms with van der Waals surface area (Å²) in [6.45, 7) is 3.54. The molecule has 0 radical (unpaired) electrons. The summed E-state index contributed by atoms with van der Waals surface area (Å²) in [5, 5.41) is 0. The third-order valence-corrected chi connectivity index (χ3v) is 8.11. The summed E-state index contributed by atoms with van der Waals surface area (Å²) in [5.74, 6) is 1.22. The van der Waals surface area contributed by atoms with Crippen molar-refractivity contribution in [3.8, 4) is 11.5 Å². The lowest BCUT2D eigenvalue weighted by molar-refractivity contribution is -0.117. The van der Waals surface area contributed by atoms with Gasteiger partial charge in [0.1, 0.15) is 6.61 Å². The second-order valence-electron chi connectivity index (χ2n) is 10.7. The fourth-order valence-electron chi connectivity index (χ4n) is 6.33. The van der Waals surface area contributed by atoms with Gasteiger partial charge in [-0.15, -0.1) is 0 Å². The average Bonchev–Trinajstić information content (AvgIpc) is 2.98. The zero-order valence-electron chi connectivity index (χ0n) is 23.0. The molecule has 0 saturated carbocycles. The summed E-state index contributed by atoms with van der Waals surface area (Å²) in [6.07, 6.45) is 4.38. The molecule has 5 nitrogen and oxygen atoms in total. The van der Waals surface area contributed by atoms with Crippen molar-refractivity contribution >= 4 is 11.6 Å². The maximum absolute atomic E-state index is 13.7. The second kappa shape index (κ2) is 11.5. The Morgan fingerprint density at radius 2 is 1.30 bits per heavy atom. The van der Waals surface area contributed by atoms with Gasteiger partial charge in [-0.25, -0.2) is 0 Å². The van der Waals surface area contributed by atoms with E-state index in [4.69, 9.17) is 9.47 Å². The number of ketones is 2. The standard InChI is InChI=1S/C35H35NO4/c1-2-39-32-21-26(19-20-31(32)40-23-25-13-7-4-8-14-25)33-34-27(15-9-17-29(34)37)36(22-24-11-5-3-6-12-24)28-16-10-18-30(38)35(28)33/h3-8,11-14,19-21,33H,2,9-10,15-18,22-23H2,1H3. The molecular formula is C35H35NO4. The summed E-state index contributed by atoms with van der Waals surface area (Å²) >= 11 is 0. The first-order chi connectivity index (χ1) is 19.6. The van der Waals surface area contributed by atoms with Crippen LogP contribution in [0.1, 0.15) is 68.1 Å². The first-order valence-electron chi connectivity index (χ1n) is 14.4. The number of hydrogen-bond donors (Lipinski definition) is 0. The van der Waals surface area contributed by atoms with Gasteiger partial charge in [-0.1, -0.05) is 66.7 Å². The monoisotopic (exact) mass is 533 g/mol. The molecule has 2 aliphatic carbocycles. The van der Waals surface area contributed by atoms with Crippen LogP contribution in [-0.2, 0) is 22.7 Å². The molecule has 0 N–H and O–H groups in total. The molecule has 1 aliphatic heterocycles. The molecule has 0 unspecified atom stereocenters. The van der Waals surface area contributed by atoms with Crippen molar-refractivity contribution in [3.63, 3.8) is 0 Å².